The Hall–Kier alpha value is -2.15. The molecule has 1 amide bonds. The average Bonchev–Trinajstić information content (AvgIpc) is 2.37. The molecular weight excluding hydrogens is 276 g/mol. The van der Waals surface area contributed by atoms with Crippen molar-refractivity contribution in [3.8, 4) is 0 Å². The lowest BCUT2D eigenvalue weighted by Gasteiger charge is -2.23. The zero-order valence-corrected chi connectivity index (χ0v) is 12.5. The number of nitrogens with one attached hydrogen (secondary N) is 1. The van der Waals surface area contributed by atoms with E-state index in [1.807, 2.05) is 0 Å². The highest BCUT2D eigenvalue weighted by atomic mass is 16.4. The number of carbonyl (C=O) groups is 2. The number of aromatic nitrogens is 1. The number of hydrogen-bond acceptors (Lipinski definition) is 4. The summed E-state index contributed by atoms with van der Waals surface area (Å²) in [6.07, 6.45) is 2.53. The summed E-state index contributed by atoms with van der Waals surface area (Å²) >= 11 is 0. The van der Waals surface area contributed by atoms with Gasteiger partial charge in [-0.2, -0.15) is 0 Å². The molecule has 0 bridgehead atoms. The summed E-state index contributed by atoms with van der Waals surface area (Å²) < 4.78 is 1.49. The number of carboxylic acids is 1. The van der Waals surface area contributed by atoms with E-state index in [-0.39, 0.29) is 18.2 Å². The number of carboxylic acid groups (broad SMARTS) is 1. The molecule has 3 N–H and O–H groups in total. The first-order valence-electron chi connectivity index (χ1n) is 6.51. The maximum Gasteiger partial charge on any atom is 0.341 e. The minimum atomic E-state index is -1.38. The van der Waals surface area contributed by atoms with Crippen LogP contribution in [0.15, 0.2) is 17.2 Å². The Labute approximate surface area is 122 Å². The molecule has 0 spiro atoms. The topological polar surface area (TPSA) is 109 Å². The number of aliphatic hydroxyl groups excluding tert-OH is 1. The number of hydrogen-bond donors (Lipinski definition) is 3. The van der Waals surface area contributed by atoms with Crippen LogP contribution in [0.1, 0.15) is 54.5 Å². The molecule has 21 heavy (non-hydrogen) atoms. The highest BCUT2D eigenvalue weighted by Crippen LogP contribution is 2.08. The molecule has 1 aromatic heterocycles. The van der Waals surface area contributed by atoms with Gasteiger partial charge in [-0.15, -0.1) is 0 Å². The fraction of sp³-hybridized carbons (Fsp3) is 0.500. The van der Waals surface area contributed by atoms with Gasteiger partial charge in [0, 0.05) is 18.4 Å². The predicted octanol–water partition coefficient (Wildman–Crippen LogP) is 0.628. The van der Waals surface area contributed by atoms with E-state index in [9.17, 15) is 14.4 Å². The van der Waals surface area contributed by atoms with Crippen molar-refractivity contribution in [3.63, 3.8) is 0 Å². The van der Waals surface area contributed by atoms with Crippen LogP contribution >= 0.6 is 0 Å². The average molecular weight is 296 g/mol. The van der Waals surface area contributed by atoms with E-state index in [0.717, 1.165) is 0 Å². The van der Waals surface area contributed by atoms with Crippen LogP contribution in [-0.2, 0) is 0 Å². The molecule has 0 saturated carbocycles. The number of rotatable bonds is 5. The number of aromatic carboxylic acids is 1. The first kappa shape index (κ1) is 16.9. The van der Waals surface area contributed by atoms with E-state index in [1.54, 1.807) is 27.7 Å². The molecule has 1 rings (SSSR count). The molecule has 7 nitrogen and oxygen atoms in total. The largest absolute Gasteiger partial charge is 0.477 e. The summed E-state index contributed by atoms with van der Waals surface area (Å²) in [5, 5.41) is 20.7. The lowest BCUT2D eigenvalue weighted by molar-refractivity contribution is 0.0694. The number of carbonyl (C=O) groups excluding carboxylic acids is 1. The van der Waals surface area contributed by atoms with E-state index in [0.29, 0.717) is 0 Å². The van der Waals surface area contributed by atoms with E-state index >= 15 is 0 Å². The third-order valence-corrected chi connectivity index (χ3v) is 2.96. The van der Waals surface area contributed by atoms with Gasteiger partial charge in [0.05, 0.1) is 12.1 Å². The molecule has 0 atom stereocenters. The highest BCUT2D eigenvalue weighted by molar-refractivity contribution is 5.97. The molecule has 116 valence electrons. The highest BCUT2D eigenvalue weighted by Gasteiger charge is 2.24. The van der Waals surface area contributed by atoms with Gasteiger partial charge in [-0.1, -0.05) is 0 Å². The van der Waals surface area contributed by atoms with Crippen LogP contribution in [-0.4, -0.2) is 38.8 Å². The van der Waals surface area contributed by atoms with Crippen molar-refractivity contribution in [3.05, 3.63) is 33.7 Å². The fourth-order valence-corrected chi connectivity index (χ4v) is 1.62. The summed E-state index contributed by atoms with van der Waals surface area (Å²) in [4.78, 5) is 35.4. The van der Waals surface area contributed by atoms with Crippen molar-refractivity contribution >= 4 is 11.9 Å². The molecule has 7 heteroatoms. The number of pyridine rings is 1. The summed E-state index contributed by atoms with van der Waals surface area (Å²) in [6.45, 7) is 6.47. The van der Waals surface area contributed by atoms with Crippen LogP contribution in [0.25, 0.3) is 0 Å². The Morgan fingerprint density at radius 3 is 2.24 bits per heavy atom. The quantitative estimate of drug-likeness (QED) is 0.738. The van der Waals surface area contributed by atoms with E-state index in [4.69, 9.17) is 10.2 Å². The number of aliphatic hydroxyl groups is 1. The molecule has 0 aromatic carbocycles. The lowest BCUT2D eigenvalue weighted by atomic mass is 10.1. The maximum absolute atomic E-state index is 12.2. The molecule has 0 aliphatic rings. The van der Waals surface area contributed by atoms with Gasteiger partial charge in [-0.05, 0) is 27.7 Å². The Morgan fingerprint density at radius 1 is 1.29 bits per heavy atom. The Bertz CT molecular complexity index is 616. The molecule has 0 aliphatic carbocycles. The van der Waals surface area contributed by atoms with Gasteiger partial charge in [0.2, 0.25) is 5.43 Å². The Balaban J connectivity index is 3.38. The minimum Gasteiger partial charge on any atom is -0.477 e. The number of amides is 1. The second-order valence-electron chi connectivity index (χ2n) is 5.76. The first-order chi connectivity index (χ1) is 9.59. The maximum atomic E-state index is 12.2. The molecule has 1 aromatic rings. The van der Waals surface area contributed by atoms with Crippen molar-refractivity contribution in [2.24, 2.45) is 0 Å². The van der Waals surface area contributed by atoms with Crippen molar-refractivity contribution < 1.29 is 19.8 Å². The number of nitrogens with zero attached hydrogens (tertiary/aromatic N) is 1. The SMILES string of the molecule is CC(C)n1cc(C(=O)O)c(=O)c(C(=O)NC(C)(C)CO)c1. The Morgan fingerprint density at radius 2 is 1.81 bits per heavy atom. The third-order valence-electron chi connectivity index (χ3n) is 2.96. The smallest absolute Gasteiger partial charge is 0.341 e. The molecule has 1 heterocycles. The summed E-state index contributed by atoms with van der Waals surface area (Å²) in [5.41, 5.74) is -2.47. The van der Waals surface area contributed by atoms with Crippen molar-refractivity contribution in [2.75, 3.05) is 6.61 Å². The monoisotopic (exact) mass is 296 g/mol. The normalized spacial score (nSPS) is 11.5. The van der Waals surface area contributed by atoms with Crippen LogP contribution in [0.3, 0.4) is 0 Å². The van der Waals surface area contributed by atoms with Crippen LogP contribution in [0.5, 0.6) is 0 Å². The van der Waals surface area contributed by atoms with Gasteiger partial charge < -0.3 is 20.1 Å². The van der Waals surface area contributed by atoms with E-state index in [2.05, 4.69) is 5.32 Å². The van der Waals surface area contributed by atoms with Gasteiger partial charge in [0.1, 0.15) is 11.1 Å². The summed E-state index contributed by atoms with van der Waals surface area (Å²) in [6, 6.07) is -0.110. The minimum absolute atomic E-state index is 0.110. The molecular formula is C14H20N2O5. The molecule has 0 radical (unpaired) electrons. The van der Waals surface area contributed by atoms with Gasteiger partial charge in [0.15, 0.2) is 0 Å². The van der Waals surface area contributed by atoms with Gasteiger partial charge >= 0.3 is 5.97 Å². The predicted molar refractivity (Wildman–Crippen MR) is 76.7 cm³/mol. The van der Waals surface area contributed by atoms with Crippen LogP contribution in [0, 0.1) is 0 Å². The van der Waals surface area contributed by atoms with Gasteiger partial charge in [-0.25, -0.2) is 4.79 Å². The van der Waals surface area contributed by atoms with Gasteiger partial charge in [0.25, 0.3) is 5.91 Å². The van der Waals surface area contributed by atoms with Crippen LogP contribution in [0.2, 0.25) is 0 Å². The van der Waals surface area contributed by atoms with Crippen molar-refractivity contribution in [2.45, 2.75) is 39.3 Å². The Kier molecular flexibility index (Phi) is 4.90. The van der Waals surface area contributed by atoms with Crippen LogP contribution in [0.4, 0.5) is 0 Å². The van der Waals surface area contributed by atoms with Crippen LogP contribution < -0.4 is 10.7 Å². The molecule has 0 fully saturated rings. The molecule has 0 unspecified atom stereocenters. The zero-order chi connectivity index (χ0) is 16.4. The van der Waals surface area contributed by atoms with E-state index in [1.165, 1.54) is 17.0 Å². The van der Waals surface area contributed by atoms with Gasteiger partial charge in [-0.3, -0.25) is 9.59 Å². The fourth-order valence-electron chi connectivity index (χ4n) is 1.62. The first-order valence-corrected chi connectivity index (χ1v) is 6.51. The lowest BCUT2D eigenvalue weighted by Crippen LogP contribution is -2.47. The van der Waals surface area contributed by atoms with Crippen molar-refractivity contribution in [1.82, 2.24) is 9.88 Å². The summed E-state index contributed by atoms with van der Waals surface area (Å²) in [7, 11) is 0. The third kappa shape index (κ3) is 3.91. The molecule has 0 saturated heterocycles. The molecule has 0 aliphatic heterocycles. The van der Waals surface area contributed by atoms with Crippen molar-refractivity contribution in [1.29, 1.82) is 0 Å². The second-order valence-corrected chi connectivity index (χ2v) is 5.76. The second kappa shape index (κ2) is 6.09. The van der Waals surface area contributed by atoms with E-state index < -0.39 is 28.4 Å². The standard InChI is InChI=1S/C14H20N2O5/c1-8(2)16-5-9(11(18)10(6-16)13(20)21)12(19)15-14(3,4)7-17/h5-6,8,17H,7H2,1-4H3,(H,15,19)(H,20,21). The summed E-state index contributed by atoms with van der Waals surface area (Å²) in [5.74, 6) is -2.10. The zero-order valence-electron chi connectivity index (χ0n) is 12.5.